The molecule has 1 aromatic carbocycles. The van der Waals surface area contributed by atoms with Crippen LogP contribution in [0.4, 0.5) is 5.69 Å². The van der Waals surface area contributed by atoms with E-state index in [1.807, 2.05) is 0 Å². The van der Waals surface area contributed by atoms with Crippen molar-refractivity contribution in [3.05, 3.63) is 28.3 Å². The van der Waals surface area contributed by atoms with Crippen LogP contribution in [-0.4, -0.2) is 19.1 Å². The molecule has 0 fully saturated rings. The molecule has 1 rings (SSSR count). The molecule has 1 aromatic rings. The van der Waals surface area contributed by atoms with Crippen molar-refractivity contribution in [3.63, 3.8) is 0 Å². The lowest BCUT2D eigenvalue weighted by Crippen LogP contribution is -2.12. The van der Waals surface area contributed by atoms with Crippen LogP contribution in [0.25, 0.3) is 0 Å². The number of nitrogens with zero attached hydrogens (tertiary/aromatic N) is 1. The molecule has 0 aliphatic rings. The lowest BCUT2D eigenvalue weighted by atomic mass is 10.0. The molecular formula is C22H38N2O4S2. The number of nitrogens with two attached hydrogens (primary N) is 1. The molecule has 0 amide bonds. The van der Waals surface area contributed by atoms with Crippen LogP contribution in [0, 0.1) is 10.1 Å². The van der Waals surface area contributed by atoms with Crippen LogP contribution in [0.15, 0.2) is 28.0 Å². The van der Waals surface area contributed by atoms with Crippen molar-refractivity contribution in [2.45, 2.75) is 107 Å². The Labute approximate surface area is 186 Å². The van der Waals surface area contributed by atoms with Gasteiger partial charge in [-0.05, 0) is 24.3 Å². The van der Waals surface area contributed by atoms with Gasteiger partial charge in [0.15, 0.2) is 0 Å². The first-order valence-electron chi connectivity index (χ1n) is 11.3. The number of hydrogen-bond acceptors (Lipinski definition) is 5. The highest BCUT2D eigenvalue weighted by molar-refractivity contribution is 7.99. The molecule has 6 nitrogen and oxygen atoms in total. The van der Waals surface area contributed by atoms with Gasteiger partial charge in [0.05, 0.1) is 14.7 Å². The smallest absolute Gasteiger partial charge is 0.258 e. The number of benzene rings is 1. The van der Waals surface area contributed by atoms with Crippen molar-refractivity contribution in [2.24, 2.45) is 5.14 Å². The van der Waals surface area contributed by atoms with E-state index in [2.05, 4.69) is 6.92 Å². The van der Waals surface area contributed by atoms with Gasteiger partial charge in [0.2, 0.25) is 10.0 Å². The van der Waals surface area contributed by atoms with Crippen LogP contribution < -0.4 is 5.14 Å². The van der Waals surface area contributed by atoms with Crippen LogP contribution >= 0.6 is 11.8 Å². The number of rotatable bonds is 18. The number of thioether (sulfide) groups is 1. The summed E-state index contributed by atoms with van der Waals surface area (Å²) >= 11 is 1.40. The molecule has 0 heterocycles. The predicted molar refractivity (Wildman–Crippen MR) is 126 cm³/mol. The summed E-state index contributed by atoms with van der Waals surface area (Å²) in [5.41, 5.74) is -0.197. The second-order valence-corrected chi connectivity index (χ2v) is 10.6. The SMILES string of the molecule is CCCCCCCCCCCCCCCCSc1ccc(S(N)(=O)=O)cc1[N+](=O)[O-]. The van der Waals surface area contributed by atoms with Gasteiger partial charge in [0, 0.05) is 6.07 Å². The molecule has 2 N–H and O–H groups in total. The summed E-state index contributed by atoms with van der Waals surface area (Å²) < 4.78 is 22.7. The second-order valence-electron chi connectivity index (χ2n) is 7.88. The van der Waals surface area contributed by atoms with Gasteiger partial charge in [0.25, 0.3) is 5.69 Å². The Morgan fingerprint density at radius 3 is 1.77 bits per heavy atom. The number of hydrogen-bond donors (Lipinski definition) is 1. The van der Waals surface area contributed by atoms with Gasteiger partial charge in [0.1, 0.15) is 0 Å². The van der Waals surface area contributed by atoms with E-state index in [9.17, 15) is 18.5 Å². The molecule has 0 atom stereocenters. The second kappa shape index (κ2) is 15.6. The van der Waals surface area contributed by atoms with Crippen molar-refractivity contribution < 1.29 is 13.3 Å². The summed E-state index contributed by atoms with van der Waals surface area (Å²) in [7, 11) is -3.94. The number of sulfonamides is 1. The lowest BCUT2D eigenvalue weighted by molar-refractivity contribution is -0.388. The number of primary sulfonamides is 1. The summed E-state index contributed by atoms with van der Waals surface area (Å²) in [6.45, 7) is 2.25. The molecule has 172 valence electrons. The lowest BCUT2D eigenvalue weighted by Gasteiger charge is -2.05. The molecule has 0 aromatic heterocycles. The Balaban J connectivity index is 2.10. The highest BCUT2D eigenvalue weighted by Crippen LogP contribution is 2.31. The van der Waals surface area contributed by atoms with Crippen LogP contribution in [0.3, 0.4) is 0 Å². The minimum Gasteiger partial charge on any atom is -0.258 e. The van der Waals surface area contributed by atoms with Crippen molar-refractivity contribution in [2.75, 3.05) is 5.75 Å². The monoisotopic (exact) mass is 458 g/mol. The quantitative estimate of drug-likeness (QED) is 0.112. The molecule has 8 heteroatoms. The van der Waals surface area contributed by atoms with Crippen LogP contribution in [0.2, 0.25) is 0 Å². The molecule has 0 aliphatic carbocycles. The summed E-state index contributed by atoms with van der Waals surface area (Å²) in [5.74, 6) is 0.785. The molecule has 0 spiro atoms. The molecule has 0 aliphatic heterocycles. The summed E-state index contributed by atoms with van der Waals surface area (Å²) in [5, 5.41) is 16.3. The Hall–Kier alpha value is -1.12. The summed E-state index contributed by atoms with van der Waals surface area (Å²) in [6, 6.07) is 3.85. The van der Waals surface area contributed by atoms with Crippen LogP contribution in [0.1, 0.15) is 96.8 Å². The van der Waals surface area contributed by atoms with Crippen molar-refractivity contribution in [1.82, 2.24) is 0 Å². The largest absolute Gasteiger partial charge is 0.284 e. The summed E-state index contributed by atoms with van der Waals surface area (Å²) in [4.78, 5) is 10.9. The highest BCUT2D eigenvalue weighted by atomic mass is 32.2. The summed E-state index contributed by atoms with van der Waals surface area (Å²) in [6.07, 6.45) is 18.1. The average Bonchev–Trinajstić information content (AvgIpc) is 2.70. The van der Waals surface area contributed by atoms with Gasteiger partial charge in [-0.25, -0.2) is 13.6 Å². The highest BCUT2D eigenvalue weighted by Gasteiger charge is 2.19. The van der Waals surface area contributed by atoms with E-state index in [-0.39, 0.29) is 10.6 Å². The third kappa shape index (κ3) is 11.9. The molecule has 0 bridgehead atoms. The maximum Gasteiger partial charge on any atom is 0.284 e. The fourth-order valence-electron chi connectivity index (χ4n) is 3.42. The van der Waals surface area contributed by atoms with Gasteiger partial charge in [-0.1, -0.05) is 90.4 Å². The number of nitro groups is 1. The molecular weight excluding hydrogens is 420 g/mol. The molecule has 0 radical (unpaired) electrons. The van der Waals surface area contributed by atoms with Gasteiger partial charge in [-0.2, -0.15) is 0 Å². The molecule has 30 heavy (non-hydrogen) atoms. The Bertz CT molecular complexity index is 724. The first-order chi connectivity index (χ1) is 14.4. The average molecular weight is 459 g/mol. The molecule has 0 saturated carbocycles. The topological polar surface area (TPSA) is 103 Å². The zero-order valence-electron chi connectivity index (χ0n) is 18.3. The minimum atomic E-state index is -3.94. The normalized spacial score (nSPS) is 11.7. The van der Waals surface area contributed by atoms with E-state index in [0.29, 0.717) is 4.90 Å². The zero-order valence-corrected chi connectivity index (χ0v) is 19.9. The van der Waals surface area contributed by atoms with E-state index < -0.39 is 14.9 Å². The maximum atomic E-state index is 11.4. The first kappa shape index (κ1) is 26.9. The van der Waals surface area contributed by atoms with Crippen molar-refractivity contribution in [1.29, 1.82) is 0 Å². The maximum absolute atomic E-state index is 11.4. The van der Waals surface area contributed by atoms with Crippen molar-refractivity contribution >= 4 is 27.5 Å². The molecule has 0 saturated heterocycles. The fourth-order valence-corrected chi connectivity index (χ4v) is 4.97. The third-order valence-corrected chi connectivity index (χ3v) is 7.27. The van der Waals surface area contributed by atoms with E-state index in [4.69, 9.17) is 5.14 Å². The van der Waals surface area contributed by atoms with Crippen LogP contribution in [-0.2, 0) is 10.0 Å². The van der Waals surface area contributed by atoms with E-state index >= 15 is 0 Å². The van der Waals surface area contributed by atoms with E-state index in [1.54, 1.807) is 0 Å². The van der Waals surface area contributed by atoms with Gasteiger partial charge >= 0.3 is 0 Å². The van der Waals surface area contributed by atoms with E-state index in [0.717, 1.165) is 24.7 Å². The van der Waals surface area contributed by atoms with Crippen molar-refractivity contribution in [3.8, 4) is 0 Å². The number of nitro benzene ring substituents is 1. The van der Waals surface area contributed by atoms with E-state index in [1.165, 1.54) is 101 Å². The predicted octanol–water partition coefficient (Wildman–Crippen LogP) is 6.82. The van der Waals surface area contributed by atoms with Gasteiger partial charge < -0.3 is 0 Å². The first-order valence-corrected chi connectivity index (χ1v) is 13.8. The Morgan fingerprint density at radius 1 is 0.867 bits per heavy atom. The fraction of sp³-hybridized carbons (Fsp3) is 0.727. The van der Waals surface area contributed by atoms with Crippen LogP contribution in [0.5, 0.6) is 0 Å². The third-order valence-electron chi connectivity index (χ3n) is 5.21. The minimum absolute atomic E-state index is 0.197. The van der Waals surface area contributed by atoms with Gasteiger partial charge in [-0.15, -0.1) is 11.8 Å². The Morgan fingerprint density at radius 2 is 1.33 bits per heavy atom. The number of unbranched alkanes of at least 4 members (excludes halogenated alkanes) is 13. The zero-order chi connectivity index (χ0) is 22.2. The standard InChI is InChI=1S/C22H38N2O4S2/c1-2-3-4-5-6-7-8-9-10-11-12-13-14-15-18-29-22-17-16-20(30(23,27)28)19-21(22)24(25)26/h16-17,19H,2-15,18H2,1H3,(H2,23,27,28). The Kier molecular flexibility index (Phi) is 14.0. The van der Waals surface area contributed by atoms with Gasteiger partial charge in [-0.3, -0.25) is 10.1 Å². The molecule has 0 unspecified atom stereocenters.